The lowest BCUT2D eigenvalue weighted by Crippen LogP contribution is -2.28. The van der Waals surface area contributed by atoms with E-state index < -0.39 is 0 Å². The standard InChI is InChI=1S/C12H15BrIN5O/c1-4-19-10(8(13)5-15-19)7-17(2)12(20)11-9(14)6-18(3)16-11/h5-6H,4,7H2,1-3H3. The first-order valence-corrected chi connectivity index (χ1v) is 7.96. The lowest BCUT2D eigenvalue weighted by atomic mass is 10.3. The molecule has 0 fully saturated rings. The first-order chi connectivity index (χ1) is 9.43. The van der Waals surface area contributed by atoms with Gasteiger partial charge in [0.2, 0.25) is 0 Å². The number of nitrogens with zero attached hydrogens (tertiary/aromatic N) is 5. The summed E-state index contributed by atoms with van der Waals surface area (Å²) in [6.45, 7) is 3.27. The minimum absolute atomic E-state index is 0.0919. The Balaban J connectivity index is 2.19. The van der Waals surface area contributed by atoms with Crippen molar-refractivity contribution >= 4 is 44.4 Å². The van der Waals surface area contributed by atoms with Crippen molar-refractivity contribution in [2.24, 2.45) is 7.05 Å². The molecule has 2 aromatic heterocycles. The van der Waals surface area contributed by atoms with E-state index in [1.165, 1.54) is 0 Å². The second-order valence-corrected chi connectivity index (χ2v) is 6.43. The third kappa shape index (κ3) is 3.05. The van der Waals surface area contributed by atoms with Gasteiger partial charge < -0.3 is 4.90 Å². The van der Waals surface area contributed by atoms with Crippen molar-refractivity contribution in [2.75, 3.05) is 7.05 Å². The molecule has 1 amide bonds. The van der Waals surface area contributed by atoms with Gasteiger partial charge in [0.25, 0.3) is 5.91 Å². The predicted molar refractivity (Wildman–Crippen MR) is 87.3 cm³/mol. The molecule has 0 aliphatic heterocycles. The molecule has 0 spiro atoms. The Morgan fingerprint density at radius 1 is 1.55 bits per heavy atom. The zero-order chi connectivity index (χ0) is 14.9. The van der Waals surface area contributed by atoms with Crippen LogP contribution in [0.4, 0.5) is 0 Å². The number of halogens is 2. The fourth-order valence-electron chi connectivity index (χ4n) is 1.90. The Kier molecular flexibility index (Phi) is 4.84. The van der Waals surface area contributed by atoms with Crippen LogP contribution in [0.15, 0.2) is 16.9 Å². The van der Waals surface area contributed by atoms with E-state index in [2.05, 4.69) is 48.7 Å². The van der Waals surface area contributed by atoms with Gasteiger partial charge in [-0.05, 0) is 45.4 Å². The minimum atomic E-state index is -0.0919. The molecule has 6 nitrogen and oxygen atoms in total. The summed E-state index contributed by atoms with van der Waals surface area (Å²) in [4.78, 5) is 14.1. The average molecular weight is 452 g/mol. The molecule has 0 N–H and O–H groups in total. The van der Waals surface area contributed by atoms with E-state index in [0.717, 1.165) is 20.3 Å². The maximum Gasteiger partial charge on any atom is 0.275 e. The molecule has 0 saturated carbocycles. The van der Waals surface area contributed by atoms with Crippen LogP contribution in [0, 0.1) is 3.57 Å². The van der Waals surface area contributed by atoms with E-state index in [1.807, 2.05) is 24.9 Å². The van der Waals surface area contributed by atoms with E-state index >= 15 is 0 Å². The van der Waals surface area contributed by atoms with Crippen molar-refractivity contribution in [3.05, 3.63) is 31.8 Å². The molecule has 2 aromatic rings. The maximum atomic E-state index is 12.4. The molecule has 20 heavy (non-hydrogen) atoms. The topological polar surface area (TPSA) is 56.0 Å². The lowest BCUT2D eigenvalue weighted by Gasteiger charge is -2.17. The smallest absolute Gasteiger partial charge is 0.275 e. The summed E-state index contributed by atoms with van der Waals surface area (Å²) in [6.07, 6.45) is 3.58. The second kappa shape index (κ2) is 6.25. The van der Waals surface area contributed by atoms with Crippen molar-refractivity contribution in [1.29, 1.82) is 0 Å². The monoisotopic (exact) mass is 451 g/mol. The number of carbonyl (C=O) groups excluding carboxylic acids is 1. The number of rotatable bonds is 4. The van der Waals surface area contributed by atoms with Crippen LogP contribution in [0.5, 0.6) is 0 Å². The van der Waals surface area contributed by atoms with Crippen LogP contribution in [-0.2, 0) is 20.1 Å². The third-order valence-electron chi connectivity index (χ3n) is 2.92. The van der Waals surface area contributed by atoms with Crippen molar-refractivity contribution in [3.63, 3.8) is 0 Å². The number of carbonyl (C=O) groups is 1. The molecular weight excluding hydrogens is 437 g/mol. The van der Waals surface area contributed by atoms with Crippen molar-refractivity contribution in [1.82, 2.24) is 24.5 Å². The van der Waals surface area contributed by atoms with Gasteiger partial charge in [0.15, 0.2) is 5.69 Å². The fourth-order valence-corrected chi connectivity index (χ4v) is 3.06. The maximum absolute atomic E-state index is 12.4. The van der Waals surface area contributed by atoms with Crippen LogP contribution >= 0.6 is 38.5 Å². The van der Waals surface area contributed by atoms with Crippen LogP contribution in [0.3, 0.4) is 0 Å². The van der Waals surface area contributed by atoms with Crippen LogP contribution < -0.4 is 0 Å². The normalized spacial score (nSPS) is 10.8. The number of aryl methyl sites for hydroxylation is 2. The van der Waals surface area contributed by atoms with Gasteiger partial charge in [0.05, 0.1) is 26.5 Å². The van der Waals surface area contributed by atoms with Crippen molar-refractivity contribution < 1.29 is 4.79 Å². The number of amides is 1. The van der Waals surface area contributed by atoms with E-state index in [0.29, 0.717) is 12.2 Å². The molecule has 0 aliphatic carbocycles. The molecule has 0 atom stereocenters. The zero-order valence-corrected chi connectivity index (χ0v) is 15.2. The highest BCUT2D eigenvalue weighted by Gasteiger charge is 2.20. The highest BCUT2D eigenvalue weighted by atomic mass is 127. The van der Waals surface area contributed by atoms with Crippen LogP contribution in [0.1, 0.15) is 23.1 Å². The number of hydrogen-bond donors (Lipinski definition) is 0. The van der Waals surface area contributed by atoms with Crippen molar-refractivity contribution in [2.45, 2.75) is 20.0 Å². The van der Waals surface area contributed by atoms with E-state index in [1.54, 1.807) is 22.8 Å². The van der Waals surface area contributed by atoms with Gasteiger partial charge in [-0.2, -0.15) is 10.2 Å². The van der Waals surface area contributed by atoms with Gasteiger partial charge >= 0.3 is 0 Å². The van der Waals surface area contributed by atoms with Gasteiger partial charge in [-0.3, -0.25) is 14.2 Å². The van der Waals surface area contributed by atoms with Gasteiger partial charge in [-0.15, -0.1) is 0 Å². The van der Waals surface area contributed by atoms with Crippen LogP contribution in [0.2, 0.25) is 0 Å². The summed E-state index contributed by atoms with van der Waals surface area (Å²) in [5.74, 6) is -0.0919. The Morgan fingerprint density at radius 3 is 2.80 bits per heavy atom. The summed E-state index contributed by atoms with van der Waals surface area (Å²) < 4.78 is 5.28. The molecule has 0 radical (unpaired) electrons. The quantitative estimate of drug-likeness (QED) is 0.670. The largest absolute Gasteiger partial charge is 0.334 e. The molecule has 8 heteroatoms. The van der Waals surface area contributed by atoms with Crippen molar-refractivity contribution in [3.8, 4) is 0 Å². The minimum Gasteiger partial charge on any atom is -0.334 e. The van der Waals surface area contributed by atoms with Gasteiger partial charge in [0, 0.05) is 26.8 Å². The zero-order valence-electron chi connectivity index (χ0n) is 11.5. The number of hydrogen-bond acceptors (Lipinski definition) is 3. The van der Waals surface area contributed by atoms with E-state index in [-0.39, 0.29) is 5.91 Å². The average Bonchev–Trinajstić information content (AvgIpc) is 2.92. The van der Waals surface area contributed by atoms with Crippen LogP contribution in [0.25, 0.3) is 0 Å². The summed E-state index contributed by atoms with van der Waals surface area (Å²) in [6, 6.07) is 0. The Morgan fingerprint density at radius 2 is 2.25 bits per heavy atom. The van der Waals surface area contributed by atoms with Gasteiger partial charge in [0.1, 0.15) is 0 Å². The van der Waals surface area contributed by atoms with E-state index in [9.17, 15) is 4.79 Å². The molecule has 0 bridgehead atoms. The molecule has 0 aliphatic rings. The SMILES string of the molecule is CCn1ncc(Br)c1CN(C)C(=O)c1nn(C)cc1I. The summed E-state index contributed by atoms with van der Waals surface area (Å²) in [5.41, 5.74) is 1.46. The van der Waals surface area contributed by atoms with Crippen LogP contribution in [-0.4, -0.2) is 37.4 Å². The highest BCUT2D eigenvalue weighted by molar-refractivity contribution is 14.1. The molecule has 2 rings (SSSR count). The Hall–Kier alpha value is -0.900. The molecule has 108 valence electrons. The molecule has 0 aromatic carbocycles. The molecular formula is C12H15BrIN5O. The first-order valence-electron chi connectivity index (χ1n) is 6.08. The summed E-state index contributed by atoms with van der Waals surface area (Å²) in [5, 5.41) is 8.46. The Bertz CT molecular complexity index is 636. The van der Waals surface area contributed by atoms with Gasteiger partial charge in [-0.25, -0.2) is 0 Å². The first kappa shape index (κ1) is 15.5. The third-order valence-corrected chi connectivity index (χ3v) is 4.37. The predicted octanol–water partition coefficient (Wildman–Crippen LogP) is 2.28. The molecule has 2 heterocycles. The highest BCUT2D eigenvalue weighted by Crippen LogP contribution is 2.19. The number of aromatic nitrogens is 4. The Labute approximate surface area is 139 Å². The van der Waals surface area contributed by atoms with Gasteiger partial charge in [-0.1, -0.05) is 0 Å². The molecule has 0 unspecified atom stereocenters. The van der Waals surface area contributed by atoms with E-state index in [4.69, 9.17) is 0 Å². The lowest BCUT2D eigenvalue weighted by molar-refractivity contribution is 0.0773. The summed E-state index contributed by atoms with van der Waals surface area (Å²) in [7, 11) is 3.58. The molecule has 0 saturated heterocycles. The summed E-state index contributed by atoms with van der Waals surface area (Å²) >= 11 is 5.59. The second-order valence-electron chi connectivity index (χ2n) is 4.42. The fraction of sp³-hybridized carbons (Fsp3) is 0.417.